The summed E-state index contributed by atoms with van der Waals surface area (Å²) in [5.74, 6) is 0.183. The third kappa shape index (κ3) is 3.65. The predicted octanol–water partition coefficient (Wildman–Crippen LogP) is 3.39. The maximum absolute atomic E-state index is 12.8. The van der Waals surface area contributed by atoms with Gasteiger partial charge in [0.25, 0.3) is 0 Å². The van der Waals surface area contributed by atoms with Gasteiger partial charge in [0.15, 0.2) is 0 Å². The molecule has 0 unspecified atom stereocenters. The molecule has 4 nitrogen and oxygen atoms in total. The van der Waals surface area contributed by atoms with E-state index in [-0.39, 0.29) is 24.1 Å². The van der Waals surface area contributed by atoms with E-state index in [1.165, 1.54) is 0 Å². The number of aromatic nitrogens is 1. The molecule has 2 heterocycles. The number of carbonyl (C=O) groups excluding carboxylic acids is 1. The first-order valence-corrected chi connectivity index (χ1v) is 8.53. The highest BCUT2D eigenvalue weighted by atomic mass is 16.5. The molecule has 0 saturated carbocycles. The molecule has 0 N–H and O–H groups in total. The summed E-state index contributed by atoms with van der Waals surface area (Å²) in [5.41, 5.74) is 2.22. The fourth-order valence-corrected chi connectivity index (χ4v) is 3.43. The third-order valence-electron chi connectivity index (χ3n) is 4.64. The van der Waals surface area contributed by atoms with E-state index < -0.39 is 0 Å². The Balaban J connectivity index is 1.69. The first-order valence-electron chi connectivity index (χ1n) is 8.53. The molecule has 1 amide bonds. The number of morpholine rings is 1. The van der Waals surface area contributed by atoms with Crippen LogP contribution >= 0.6 is 0 Å². The number of ether oxygens (including phenoxy) is 1. The number of benzene rings is 1. The molecular formula is C20H24N2O2. The molecule has 0 spiro atoms. The highest BCUT2D eigenvalue weighted by Crippen LogP contribution is 2.31. The number of nitrogens with zero attached hydrogens (tertiary/aromatic N) is 2. The molecule has 1 aliphatic heterocycles. The van der Waals surface area contributed by atoms with Crippen molar-refractivity contribution in [1.29, 1.82) is 0 Å². The number of aryl methyl sites for hydroxylation is 1. The molecule has 1 aromatic heterocycles. The molecule has 1 aromatic carbocycles. The van der Waals surface area contributed by atoms with Gasteiger partial charge in [-0.15, -0.1) is 0 Å². The maximum Gasteiger partial charge on any atom is 0.223 e. The lowest BCUT2D eigenvalue weighted by atomic mass is 9.98. The van der Waals surface area contributed by atoms with Gasteiger partial charge in [-0.1, -0.05) is 36.4 Å². The van der Waals surface area contributed by atoms with Crippen LogP contribution in [-0.4, -0.2) is 34.5 Å². The van der Waals surface area contributed by atoms with Crippen LogP contribution in [0, 0.1) is 0 Å². The number of hydrogen-bond donors (Lipinski definition) is 0. The average molecular weight is 324 g/mol. The van der Waals surface area contributed by atoms with Crippen molar-refractivity contribution in [2.45, 2.75) is 44.9 Å². The molecule has 0 aliphatic carbocycles. The van der Waals surface area contributed by atoms with Crippen molar-refractivity contribution in [2.75, 3.05) is 6.61 Å². The van der Waals surface area contributed by atoms with Crippen molar-refractivity contribution in [3.8, 4) is 0 Å². The lowest BCUT2D eigenvalue weighted by Gasteiger charge is -2.44. The van der Waals surface area contributed by atoms with Crippen LogP contribution in [0.15, 0.2) is 54.9 Å². The third-order valence-corrected chi connectivity index (χ3v) is 4.64. The number of rotatable bonds is 4. The van der Waals surface area contributed by atoms with Crippen LogP contribution in [0.1, 0.15) is 37.5 Å². The van der Waals surface area contributed by atoms with Gasteiger partial charge < -0.3 is 9.64 Å². The van der Waals surface area contributed by atoms with Crippen LogP contribution in [0.3, 0.4) is 0 Å². The van der Waals surface area contributed by atoms with Crippen molar-refractivity contribution in [2.24, 2.45) is 0 Å². The number of carbonyl (C=O) groups is 1. The normalized spacial score (nSPS) is 23.9. The Morgan fingerprint density at radius 3 is 2.71 bits per heavy atom. The molecule has 1 fully saturated rings. The minimum absolute atomic E-state index is 0.0255. The van der Waals surface area contributed by atoms with E-state index >= 15 is 0 Å². The summed E-state index contributed by atoms with van der Waals surface area (Å²) >= 11 is 0. The van der Waals surface area contributed by atoms with Gasteiger partial charge in [0.05, 0.1) is 18.7 Å². The molecule has 2 aromatic rings. The van der Waals surface area contributed by atoms with Gasteiger partial charge in [-0.2, -0.15) is 0 Å². The number of hydrogen-bond acceptors (Lipinski definition) is 3. The fraction of sp³-hybridized carbons (Fsp3) is 0.400. The first-order chi connectivity index (χ1) is 11.7. The van der Waals surface area contributed by atoms with Gasteiger partial charge in [-0.3, -0.25) is 9.78 Å². The molecule has 3 rings (SSSR count). The summed E-state index contributed by atoms with van der Waals surface area (Å²) in [7, 11) is 0. The fourth-order valence-electron chi connectivity index (χ4n) is 3.43. The Labute approximate surface area is 143 Å². The van der Waals surface area contributed by atoms with E-state index in [1.807, 2.05) is 41.4 Å². The molecule has 0 bridgehead atoms. The number of pyridine rings is 1. The van der Waals surface area contributed by atoms with Crippen molar-refractivity contribution >= 4 is 5.91 Å². The maximum atomic E-state index is 12.8. The second kappa shape index (κ2) is 7.58. The van der Waals surface area contributed by atoms with Gasteiger partial charge in [0, 0.05) is 18.8 Å². The van der Waals surface area contributed by atoms with Crippen LogP contribution in [0.2, 0.25) is 0 Å². The zero-order chi connectivity index (χ0) is 16.9. The van der Waals surface area contributed by atoms with Crippen molar-refractivity contribution in [3.63, 3.8) is 0 Å². The number of amides is 1. The quantitative estimate of drug-likeness (QED) is 0.866. The van der Waals surface area contributed by atoms with Gasteiger partial charge in [-0.25, -0.2) is 0 Å². The van der Waals surface area contributed by atoms with Crippen LogP contribution in [0.5, 0.6) is 0 Å². The Bertz CT molecular complexity index is 660. The van der Waals surface area contributed by atoms with Gasteiger partial charge in [0.1, 0.15) is 6.10 Å². The van der Waals surface area contributed by atoms with Crippen molar-refractivity contribution < 1.29 is 9.53 Å². The SMILES string of the molecule is C[C@@H]1CO[C@@H](c2ccccc2)[C@@H](C)N1C(=O)CCc1cccnc1. The van der Waals surface area contributed by atoms with Gasteiger partial charge in [0.2, 0.25) is 5.91 Å². The van der Waals surface area contributed by atoms with E-state index in [1.54, 1.807) is 6.20 Å². The second-order valence-electron chi connectivity index (χ2n) is 6.42. The lowest BCUT2D eigenvalue weighted by Crippen LogP contribution is -2.53. The monoisotopic (exact) mass is 324 g/mol. The molecular weight excluding hydrogens is 300 g/mol. The first kappa shape index (κ1) is 16.7. The summed E-state index contributed by atoms with van der Waals surface area (Å²) in [4.78, 5) is 18.9. The Kier molecular flexibility index (Phi) is 5.26. The Morgan fingerprint density at radius 2 is 2.00 bits per heavy atom. The molecule has 24 heavy (non-hydrogen) atoms. The zero-order valence-corrected chi connectivity index (χ0v) is 14.3. The highest BCUT2D eigenvalue weighted by molar-refractivity contribution is 5.77. The molecule has 4 heteroatoms. The van der Waals surface area contributed by atoms with Crippen LogP contribution in [-0.2, 0) is 16.0 Å². The standard InChI is InChI=1S/C20H24N2O2/c1-15-14-24-20(18-8-4-3-5-9-18)16(2)22(15)19(23)11-10-17-7-6-12-21-13-17/h3-9,12-13,15-16,20H,10-11,14H2,1-2H3/t15-,16-,20-/m1/s1. The van der Waals surface area contributed by atoms with Crippen LogP contribution in [0.4, 0.5) is 0 Å². The van der Waals surface area contributed by atoms with Crippen LogP contribution in [0.25, 0.3) is 0 Å². The van der Waals surface area contributed by atoms with E-state index in [9.17, 15) is 4.79 Å². The molecule has 3 atom stereocenters. The second-order valence-corrected chi connectivity index (χ2v) is 6.42. The van der Waals surface area contributed by atoms with Crippen molar-refractivity contribution in [3.05, 3.63) is 66.0 Å². The summed E-state index contributed by atoms with van der Waals surface area (Å²) in [6, 6.07) is 14.2. The summed E-state index contributed by atoms with van der Waals surface area (Å²) in [6.45, 7) is 4.71. The summed E-state index contributed by atoms with van der Waals surface area (Å²) in [5, 5.41) is 0. The van der Waals surface area contributed by atoms with E-state index in [2.05, 4.69) is 31.0 Å². The van der Waals surface area contributed by atoms with Crippen molar-refractivity contribution in [1.82, 2.24) is 9.88 Å². The minimum Gasteiger partial charge on any atom is -0.369 e. The predicted molar refractivity (Wildman–Crippen MR) is 93.5 cm³/mol. The van der Waals surface area contributed by atoms with Gasteiger partial charge >= 0.3 is 0 Å². The summed E-state index contributed by atoms with van der Waals surface area (Å²) < 4.78 is 6.03. The minimum atomic E-state index is -0.0651. The lowest BCUT2D eigenvalue weighted by molar-refractivity contribution is -0.153. The Hall–Kier alpha value is -2.20. The zero-order valence-electron chi connectivity index (χ0n) is 14.3. The molecule has 1 saturated heterocycles. The smallest absolute Gasteiger partial charge is 0.223 e. The Morgan fingerprint density at radius 1 is 1.21 bits per heavy atom. The molecule has 1 aliphatic rings. The van der Waals surface area contributed by atoms with E-state index in [0.29, 0.717) is 13.0 Å². The largest absolute Gasteiger partial charge is 0.369 e. The summed E-state index contributed by atoms with van der Waals surface area (Å²) in [6.07, 6.45) is 4.74. The van der Waals surface area contributed by atoms with E-state index in [4.69, 9.17) is 4.74 Å². The van der Waals surface area contributed by atoms with Gasteiger partial charge in [-0.05, 0) is 37.5 Å². The molecule has 126 valence electrons. The molecule has 0 radical (unpaired) electrons. The van der Waals surface area contributed by atoms with E-state index in [0.717, 1.165) is 17.5 Å². The average Bonchev–Trinajstić information content (AvgIpc) is 2.62. The van der Waals surface area contributed by atoms with Crippen LogP contribution < -0.4 is 0 Å². The topological polar surface area (TPSA) is 42.4 Å². The highest BCUT2D eigenvalue weighted by Gasteiger charge is 2.36.